The van der Waals surface area contributed by atoms with Gasteiger partial charge in [0, 0.05) is 5.56 Å². The van der Waals surface area contributed by atoms with Gasteiger partial charge in [0.25, 0.3) is 0 Å². The Morgan fingerprint density at radius 3 is 2.35 bits per heavy atom. The normalized spacial score (nSPS) is 11.3. The van der Waals surface area contributed by atoms with Gasteiger partial charge in [0.05, 0.1) is 16.8 Å². The van der Waals surface area contributed by atoms with E-state index in [1.165, 1.54) is 6.20 Å². The Kier molecular flexibility index (Phi) is 4.16. The molecule has 0 saturated heterocycles. The number of rotatable bonds is 4. The molecule has 0 bridgehead atoms. The van der Waals surface area contributed by atoms with Gasteiger partial charge in [-0.05, 0) is 19.1 Å². The quantitative estimate of drug-likeness (QED) is 0.737. The summed E-state index contributed by atoms with van der Waals surface area (Å²) in [5, 5.41) is 7.73. The summed E-state index contributed by atoms with van der Waals surface area (Å²) in [6.07, 6.45) is 1.53. The molecular formula is C17H15N3O2S. The molecule has 2 aromatic carbocycles. The molecule has 116 valence electrons. The van der Waals surface area contributed by atoms with E-state index in [1.807, 2.05) is 37.3 Å². The standard InChI is InChI=1S/C17H15N3O2S/c1-13-7-9-15(10-8-13)23(21,22)12-17-19-16(11-18-20-17)14-5-3-2-4-6-14/h2-11H,12H2,1H3. The highest BCUT2D eigenvalue weighted by Gasteiger charge is 2.17. The summed E-state index contributed by atoms with van der Waals surface area (Å²) in [6, 6.07) is 16.2. The lowest BCUT2D eigenvalue weighted by atomic mass is 10.2. The first kappa shape index (κ1) is 15.3. The predicted molar refractivity (Wildman–Crippen MR) is 87.3 cm³/mol. The molecule has 5 nitrogen and oxygen atoms in total. The molecular weight excluding hydrogens is 310 g/mol. The molecule has 23 heavy (non-hydrogen) atoms. The molecule has 1 heterocycles. The van der Waals surface area contributed by atoms with Gasteiger partial charge in [0.2, 0.25) is 0 Å². The fourth-order valence-electron chi connectivity index (χ4n) is 2.15. The number of hydrogen-bond acceptors (Lipinski definition) is 5. The molecule has 0 saturated carbocycles. The van der Waals surface area contributed by atoms with Gasteiger partial charge in [-0.3, -0.25) is 0 Å². The predicted octanol–water partition coefficient (Wildman–Crippen LogP) is 2.82. The number of nitrogens with zero attached hydrogens (tertiary/aromatic N) is 3. The Labute approximate surface area is 135 Å². The Morgan fingerprint density at radius 2 is 1.65 bits per heavy atom. The average molecular weight is 325 g/mol. The van der Waals surface area contributed by atoms with Crippen molar-refractivity contribution in [1.82, 2.24) is 15.2 Å². The third-order valence-corrected chi connectivity index (χ3v) is 5.00. The van der Waals surface area contributed by atoms with E-state index in [4.69, 9.17) is 0 Å². The molecule has 1 aromatic heterocycles. The van der Waals surface area contributed by atoms with Crippen LogP contribution in [0.15, 0.2) is 65.7 Å². The van der Waals surface area contributed by atoms with E-state index in [0.29, 0.717) is 5.69 Å². The maximum absolute atomic E-state index is 12.5. The molecule has 0 fully saturated rings. The van der Waals surface area contributed by atoms with Crippen molar-refractivity contribution in [2.45, 2.75) is 17.6 Å². The zero-order chi connectivity index (χ0) is 16.3. The Hall–Kier alpha value is -2.60. The first-order chi connectivity index (χ1) is 11.0. The van der Waals surface area contributed by atoms with Crippen LogP contribution in [0.1, 0.15) is 11.4 Å². The second kappa shape index (κ2) is 6.26. The van der Waals surface area contributed by atoms with Gasteiger partial charge in [-0.25, -0.2) is 13.4 Å². The summed E-state index contributed by atoms with van der Waals surface area (Å²) in [5.74, 6) is -0.0871. The van der Waals surface area contributed by atoms with Crippen LogP contribution in [0, 0.1) is 6.92 Å². The van der Waals surface area contributed by atoms with E-state index in [2.05, 4.69) is 15.2 Å². The van der Waals surface area contributed by atoms with E-state index in [9.17, 15) is 8.42 Å². The third kappa shape index (κ3) is 3.60. The van der Waals surface area contributed by atoms with Gasteiger partial charge in [0.15, 0.2) is 15.7 Å². The lowest BCUT2D eigenvalue weighted by Gasteiger charge is -2.05. The van der Waals surface area contributed by atoms with Crippen molar-refractivity contribution in [3.05, 3.63) is 72.2 Å². The molecule has 0 atom stereocenters. The number of hydrogen-bond donors (Lipinski definition) is 0. The molecule has 0 spiro atoms. The van der Waals surface area contributed by atoms with Crippen LogP contribution < -0.4 is 0 Å². The summed E-state index contributed by atoms with van der Waals surface area (Å²) in [6.45, 7) is 1.91. The fraction of sp³-hybridized carbons (Fsp3) is 0.118. The minimum atomic E-state index is -3.49. The molecule has 0 aliphatic heterocycles. The molecule has 0 amide bonds. The highest BCUT2D eigenvalue weighted by atomic mass is 32.2. The molecule has 0 aliphatic carbocycles. The number of sulfone groups is 1. The van der Waals surface area contributed by atoms with E-state index in [1.54, 1.807) is 24.3 Å². The van der Waals surface area contributed by atoms with Crippen LogP contribution in [-0.4, -0.2) is 23.6 Å². The lowest BCUT2D eigenvalue weighted by Crippen LogP contribution is -2.09. The average Bonchev–Trinajstić information content (AvgIpc) is 2.56. The van der Waals surface area contributed by atoms with Gasteiger partial charge < -0.3 is 0 Å². The summed E-state index contributed by atoms with van der Waals surface area (Å²) in [4.78, 5) is 4.58. The van der Waals surface area contributed by atoms with Gasteiger partial charge in [-0.2, -0.15) is 5.10 Å². The van der Waals surface area contributed by atoms with Crippen LogP contribution in [0.4, 0.5) is 0 Å². The van der Waals surface area contributed by atoms with Crippen LogP contribution >= 0.6 is 0 Å². The second-order valence-electron chi connectivity index (χ2n) is 5.20. The molecule has 0 N–H and O–H groups in total. The molecule has 6 heteroatoms. The molecule has 3 aromatic rings. The molecule has 0 unspecified atom stereocenters. The number of benzene rings is 2. The van der Waals surface area contributed by atoms with Crippen molar-refractivity contribution in [2.75, 3.05) is 0 Å². The highest BCUT2D eigenvalue weighted by molar-refractivity contribution is 7.90. The van der Waals surface area contributed by atoms with Crippen molar-refractivity contribution in [1.29, 1.82) is 0 Å². The minimum Gasteiger partial charge on any atom is -0.228 e. The van der Waals surface area contributed by atoms with Crippen LogP contribution in [-0.2, 0) is 15.6 Å². The monoisotopic (exact) mass is 325 g/mol. The van der Waals surface area contributed by atoms with Crippen molar-refractivity contribution >= 4 is 9.84 Å². The summed E-state index contributed by atoms with van der Waals surface area (Å²) in [5.41, 5.74) is 2.49. The minimum absolute atomic E-state index is 0.187. The van der Waals surface area contributed by atoms with E-state index < -0.39 is 9.84 Å². The number of aryl methyl sites for hydroxylation is 1. The maximum atomic E-state index is 12.5. The summed E-state index contributed by atoms with van der Waals surface area (Å²) >= 11 is 0. The molecule has 0 radical (unpaired) electrons. The second-order valence-corrected chi connectivity index (χ2v) is 7.19. The number of aromatic nitrogens is 3. The van der Waals surface area contributed by atoms with Crippen molar-refractivity contribution in [2.24, 2.45) is 0 Å². The molecule has 3 rings (SSSR count). The summed E-state index contributed by atoms with van der Waals surface area (Å²) in [7, 11) is -3.49. The van der Waals surface area contributed by atoms with Crippen molar-refractivity contribution < 1.29 is 8.42 Å². The van der Waals surface area contributed by atoms with E-state index in [0.717, 1.165) is 11.1 Å². The SMILES string of the molecule is Cc1ccc(S(=O)(=O)Cc2nncc(-c3ccccc3)n2)cc1. The van der Waals surface area contributed by atoms with Crippen LogP contribution in [0.3, 0.4) is 0 Å². The van der Waals surface area contributed by atoms with Gasteiger partial charge in [-0.1, -0.05) is 48.0 Å². The van der Waals surface area contributed by atoms with Crippen LogP contribution in [0.25, 0.3) is 11.3 Å². The zero-order valence-corrected chi connectivity index (χ0v) is 13.4. The first-order valence-corrected chi connectivity index (χ1v) is 8.73. The van der Waals surface area contributed by atoms with Crippen molar-refractivity contribution in [3.8, 4) is 11.3 Å². The fourth-order valence-corrected chi connectivity index (χ4v) is 3.33. The maximum Gasteiger partial charge on any atom is 0.185 e. The summed E-state index contributed by atoms with van der Waals surface area (Å²) < 4.78 is 24.9. The Bertz CT molecular complexity index is 908. The van der Waals surface area contributed by atoms with Crippen molar-refractivity contribution in [3.63, 3.8) is 0 Å². The van der Waals surface area contributed by atoms with Crippen LogP contribution in [0.2, 0.25) is 0 Å². The van der Waals surface area contributed by atoms with E-state index >= 15 is 0 Å². The van der Waals surface area contributed by atoms with Gasteiger partial charge >= 0.3 is 0 Å². The zero-order valence-electron chi connectivity index (χ0n) is 12.5. The Balaban J connectivity index is 1.90. The topological polar surface area (TPSA) is 72.8 Å². The lowest BCUT2D eigenvalue weighted by molar-refractivity contribution is 0.593. The largest absolute Gasteiger partial charge is 0.228 e. The first-order valence-electron chi connectivity index (χ1n) is 7.08. The van der Waals surface area contributed by atoms with Gasteiger partial charge in [0.1, 0.15) is 5.75 Å². The Morgan fingerprint density at radius 1 is 0.957 bits per heavy atom. The van der Waals surface area contributed by atoms with Gasteiger partial charge in [-0.15, -0.1) is 5.10 Å². The highest BCUT2D eigenvalue weighted by Crippen LogP contribution is 2.18. The molecule has 0 aliphatic rings. The van der Waals surface area contributed by atoms with E-state index in [-0.39, 0.29) is 16.5 Å². The smallest absolute Gasteiger partial charge is 0.185 e. The third-order valence-electron chi connectivity index (χ3n) is 3.37. The van der Waals surface area contributed by atoms with Crippen LogP contribution in [0.5, 0.6) is 0 Å².